The van der Waals surface area contributed by atoms with Gasteiger partial charge in [0.2, 0.25) is 0 Å². The molecule has 2 rings (SSSR count). The highest BCUT2D eigenvalue weighted by Gasteiger charge is 2.10. The predicted octanol–water partition coefficient (Wildman–Crippen LogP) is 4.12. The zero-order valence-electron chi connectivity index (χ0n) is 15.5. The number of aryl methyl sites for hydroxylation is 1. The van der Waals surface area contributed by atoms with Crippen molar-refractivity contribution in [3.05, 3.63) is 40.2 Å². The van der Waals surface area contributed by atoms with Gasteiger partial charge < -0.3 is 14.6 Å². The fraction of sp³-hybridized carbons (Fsp3) is 0.556. The molecule has 0 saturated heterocycles. The highest BCUT2D eigenvalue weighted by molar-refractivity contribution is 14.0. The fourth-order valence-corrected chi connectivity index (χ4v) is 2.99. The third-order valence-electron chi connectivity index (χ3n) is 3.88. The minimum absolute atomic E-state index is 0. The Kier molecular flexibility index (Phi) is 10.1. The van der Waals surface area contributed by atoms with Gasteiger partial charge in [0.15, 0.2) is 5.96 Å². The first kappa shape index (κ1) is 22.0. The number of aromatic nitrogens is 1. The summed E-state index contributed by atoms with van der Waals surface area (Å²) in [6.07, 6.45) is 6.47. The number of rotatable bonds is 8. The number of guanidine groups is 1. The fourth-order valence-electron chi connectivity index (χ4n) is 2.21. The largest absolute Gasteiger partial charge is 0.469 e. The summed E-state index contributed by atoms with van der Waals surface area (Å²) in [6, 6.07) is 4.31. The number of hydrogen-bond acceptors (Lipinski definition) is 4. The molecule has 5 nitrogen and oxygen atoms in total. The van der Waals surface area contributed by atoms with E-state index in [1.165, 1.54) is 9.88 Å². The number of nitrogens with one attached hydrogen (secondary N) is 1. The first-order chi connectivity index (χ1) is 11.6. The van der Waals surface area contributed by atoms with E-state index in [1.54, 1.807) is 17.6 Å². The summed E-state index contributed by atoms with van der Waals surface area (Å²) in [5.74, 6) is 1.92. The van der Waals surface area contributed by atoms with Crippen molar-refractivity contribution in [1.29, 1.82) is 0 Å². The van der Waals surface area contributed by atoms with Crippen molar-refractivity contribution in [2.24, 2.45) is 4.99 Å². The molecule has 0 fully saturated rings. The van der Waals surface area contributed by atoms with Gasteiger partial charge in [-0.05, 0) is 32.4 Å². The van der Waals surface area contributed by atoms with Gasteiger partial charge in [0, 0.05) is 50.1 Å². The molecule has 0 amide bonds. The van der Waals surface area contributed by atoms with Crippen LogP contribution in [-0.2, 0) is 12.8 Å². The Morgan fingerprint density at radius 3 is 2.84 bits per heavy atom. The topological polar surface area (TPSA) is 53.7 Å². The van der Waals surface area contributed by atoms with Gasteiger partial charge in [-0.1, -0.05) is 6.92 Å². The highest BCUT2D eigenvalue weighted by Crippen LogP contribution is 2.12. The van der Waals surface area contributed by atoms with Crippen LogP contribution in [0.1, 0.15) is 35.9 Å². The van der Waals surface area contributed by atoms with E-state index in [4.69, 9.17) is 9.41 Å². The van der Waals surface area contributed by atoms with E-state index < -0.39 is 0 Å². The lowest BCUT2D eigenvalue weighted by molar-refractivity contribution is 0.464. The maximum atomic E-state index is 5.38. The van der Waals surface area contributed by atoms with Crippen molar-refractivity contribution >= 4 is 41.3 Å². The van der Waals surface area contributed by atoms with Crippen molar-refractivity contribution in [3.63, 3.8) is 0 Å². The Hall–Kier alpha value is -1.09. The Balaban J connectivity index is 0.00000312. The summed E-state index contributed by atoms with van der Waals surface area (Å²) in [4.78, 5) is 12.6. The molecule has 2 aromatic rings. The molecule has 0 radical (unpaired) electrons. The summed E-state index contributed by atoms with van der Waals surface area (Å²) in [6.45, 7) is 8.07. The first-order valence-corrected chi connectivity index (χ1v) is 9.36. The third-order valence-corrected chi connectivity index (χ3v) is 4.85. The highest BCUT2D eigenvalue weighted by atomic mass is 127. The van der Waals surface area contributed by atoms with Crippen LogP contribution in [0, 0.1) is 6.92 Å². The van der Waals surface area contributed by atoms with Crippen molar-refractivity contribution < 1.29 is 4.42 Å². The molecule has 0 aliphatic heterocycles. The molecule has 0 spiro atoms. The number of likely N-dealkylation sites (N-methyl/N-ethyl adjacent to an activating group) is 1. The zero-order chi connectivity index (χ0) is 17.4. The normalized spacial score (nSPS) is 12.6. The van der Waals surface area contributed by atoms with Crippen LogP contribution in [0.4, 0.5) is 0 Å². The minimum atomic E-state index is 0. The van der Waals surface area contributed by atoms with Gasteiger partial charge in [0.25, 0.3) is 0 Å². The quantitative estimate of drug-likeness (QED) is 0.354. The molecule has 25 heavy (non-hydrogen) atoms. The number of nitrogens with zero attached hydrogens (tertiary/aromatic N) is 3. The van der Waals surface area contributed by atoms with Crippen molar-refractivity contribution in [3.8, 4) is 0 Å². The second-order valence-corrected chi connectivity index (χ2v) is 7.34. The van der Waals surface area contributed by atoms with Crippen LogP contribution in [0.2, 0.25) is 0 Å². The lowest BCUT2D eigenvalue weighted by Gasteiger charge is -2.25. The molecule has 0 aromatic carbocycles. The van der Waals surface area contributed by atoms with E-state index in [0.29, 0.717) is 12.6 Å². The Morgan fingerprint density at radius 2 is 2.24 bits per heavy atom. The molecule has 0 aliphatic carbocycles. The number of aliphatic imine (C=N–C) groups is 1. The molecule has 0 aliphatic rings. The maximum Gasteiger partial charge on any atom is 0.193 e. The van der Waals surface area contributed by atoms with Gasteiger partial charge in [-0.3, -0.25) is 4.99 Å². The monoisotopic (exact) mass is 476 g/mol. The van der Waals surface area contributed by atoms with Crippen molar-refractivity contribution in [2.45, 2.75) is 46.1 Å². The predicted molar refractivity (Wildman–Crippen MR) is 116 cm³/mol. The Bertz CT molecular complexity index is 627. The number of thiazole rings is 1. The second-order valence-electron chi connectivity index (χ2n) is 6.02. The number of furan rings is 1. The van der Waals surface area contributed by atoms with Gasteiger partial charge in [-0.2, -0.15) is 0 Å². The SMILES string of the molecule is CCC(C)NC(=NCCc1ccco1)N(C)CCc1ncc(C)s1.I. The van der Waals surface area contributed by atoms with Crippen LogP contribution in [0.3, 0.4) is 0 Å². The van der Waals surface area contributed by atoms with Crippen molar-refractivity contribution in [2.75, 3.05) is 20.1 Å². The van der Waals surface area contributed by atoms with E-state index in [-0.39, 0.29) is 24.0 Å². The Morgan fingerprint density at radius 1 is 1.44 bits per heavy atom. The van der Waals surface area contributed by atoms with Gasteiger partial charge >= 0.3 is 0 Å². The number of halogens is 1. The molecule has 7 heteroatoms. The van der Waals surface area contributed by atoms with Gasteiger partial charge in [-0.15, -0.1) is 35.3 Å². The van der Waals surface area contributed by atoms with Gasteiger partial charge in [0.05, 0.1) is 11.3 Å². The first-order valence-electron chi connectivity index (χ1n) is 8.54. The van der Waals surface area contributed by atoms with E-state index in [9.17, 15) is 0 Å². The molecular weight excluding hydrogens is 447 g/mol. The van der Waals surface area contributed by atoms with Crippen LogP contribution in [0.25, 0.3) is 0 Å². The molecule has 140 valence electrons. The molecule has 2 heterocycles. The smallest absolute Gasteiger partial charge is 0.193 e. The lowest BCUT2D eigenvalue weighted by Crippen LogP contribution is -2.44. The standard InChI is InChI=1S/C18H28N4OS.HI/c1-5-14(2)21-18(19-10-8-16-7-6-12-23-16)22(4)11-9-17-20-13-15(3)24-17;/h6-7,12-14H,5,8-11H2,1-4H3,(H,19,21);1H. The second kappa shape index (κ2) is 11.5. The van der Waals surface area contributed by atoms with Crippen LogP contribution < -0.4 is 5.32 Å². The zero-order valence-corrected chi connectivity index (χ0v) is 18.6. The molecule has 1 atom stereocenters. The van der Waals surface area contributed by atoms with Gasteiger partial charge in [-0.25, -0.2) is 4.98 Å². The average Bonchev–Trinajstić information content (AvgIpc) is 3.23. The van der Waals surface area contributed by atoms with Crippen LogP contribution in [-0.4, -0.2) is 42.0 Å². The molecular formula is C18H29IN4OS. The van der Waals surface area contributed by atoms with E-state index >= 15 is 0 Å². The Labute approximate surface area is 172 Å². The van der Waals surface area contributed by atoms with E-state index in [2.05, 4.69) is 43.0 Å². The average molecular weight is 476 g/mol. The minimum Gasteiger partial charge on any atom is -0.469 e. The number of hydrogen-bond donors (Lipinski definition) is 1. The van der Waals surface area contributed by atoms with Crippen molar-refractivity contribution in [1.82, 2.24) is 15.2 Å². The van der Waals surface area contributed by atoms with Crippen LogP contribution in [0.15, 0.2) is 34.0 Å². The summed E-state index contributed by atoms with van der Waals surface area (Å²) >= 11 is 1.77. The van der Waals surface area contributed by atoms with E-state index in [0.717, 1.165) is 37.5 Å². The molecule has 0 saturated carbocycles. The molecule has 0 bridgehead atoms. The maximum absolute atomic E-state index is 5.38. The summed E-state index contributed by atoms with van der Waals surface area (Å²) in [7, 11) is 2.08. The molecule has 1 N–H and O–H groups in total. The lowest BCUT2D eigenvalue weighted by atomic mass is 10.2. The van der Waals surface area contributed by atoms with Crippen LogP contribution in [0.5, 0.6) is 0 Å². The molecule has 2 aromatic heterocycles. The van der Waals surface area contributed by atoms with Crippen LogP contribution >= 0.6 is 35.3 Å². The summed E-state index contributed by atoms with van der Waals surface area (Å²) in [5.41, 5.74) is 0. The summed E-state index contributed by atoms with van der Waals surface area (Å²) < 4.78 is 5.38. The van der Waals surface area contributed by atoms with Gasteiger partial charge in [0.1, 0.15) is 5.76 Å². The summed E-state index contributed by atoms with van der Waals surface area (Å²) in [5, 5.41) is 4.69. The third kappa shape index (κ3) is 7.77. The van der Waals surface area contributed by atoms with E-state index in [1.807, 2.05) is 18.3 Å². The molecule has 1 unspecified atom stereocenters.